The zero-order chi connectivity index (χ0) is 15.2. The molecule has 8 heteroatoms. The van der Waals surface area contributed by atoms with E-state index in [-0.39, 0.29) is 18.2 Å². The van der Waals surface area contributed by atoms with Gasteiger partial charge in [0.2, 0.25) is 0 Å². The Balaban J connectivity index is 2.63. The Bertz CT molecular complexity index is 484. The molecule has 0 bridgehead atoms. The molecule has 3 N–H and O–H groups in total. The molecule has 1 aromatic carbocycles. The van der Waals surface area contributed by atoms with Crippen LogP contribution in [-0.2, 0) is 9.53 Å². The zero-order valence-corrected chi connectivity index (χ0v) is 10.5. The molecule has 0 saturated carbocycles. The summed E-state index contributed by atoms with van der Waals surface area (Å²) in [5.74, 6) is -0.960. The van der Waals surface area contributed by atoms with Crippen molar-refractivity contribution in [3.63, 3.8) is 0 Å². The first kappa shape index (κ1) is 15.7. The van der Waals surface area contributed by atoms with Crippen molar-refractivity contribution in [1.82, 2.24) is 0 Å². The Morgan fingerprint density at radius 1 is 1.35 bits per heavy atom. The summed E-state index contributed by atoms with van der Waals surface area (Å²) in [6, 6.07) is 4.89. The fourth-order valence-corrected chi connectivity index (χ4v) is 1.25. The maximum atomic E-state index is 11.9. The first-order valence-corrected chi connectivity index (χ1v) is 5.57. The number of hydrogen-bond acceptors (Lipinski definition) is 5. The van der Waals surface area contributed by atoms with Gasteiger partial charge in [0.25, 0.3) is 0 Å². The number of carbonyl (C=O) groups excluding carboxylic acids is 1. The molecule has 110 valence electrons. The van der Waals surface area contributed by atoms with E-state index in [0.29, 0.717) is 5.69 Å². The average Bonchev–Trinajstić information content (AvgIpc) is 2.30. The predicted molar refractivity (Wildman–Crippen MR) is 65.7 cm³/mol. The van der Waals surface area contributed by atoms with Gasteiger partial charge in [-0.1, -0.05) is 0 Å². The zero-order valence-electron chi connectivity index (χ0n) is 10.5. The SMILES string of the molecule is CCOC(=O)/C=C(\N)Nc1ccc(OC(F)(F)F)cc1. The van der Waals surface area contributed by atoms with Gasteiger partial charge in [0, 0.05) is 5.69 Å². The van der Waals surface area contributed by atoms with Gasteiger partial charge < -0.3 is 20.5 Å². The van der Waals surface area contributed by atoms with Gasteiger partial charge in [-0.2, -0.15) is 0 Å². The van der Waals surface area contributed by atoms with Crippen molar-refractivity contribution in [1.29, 1.82) is 0 Å². The predicted octanol–water partition coefficient (Wildman–Crippen LogP) is 2.36. The third-order valence-corrected chi connectivity index (χ3v) is 1.94. The highest BCUT2D eigenvalue weighted by atomic mass is 19.4. The molecule has 0 fully saturated rings. The van der Waals surface area contributed by atoms with Crippen LogP contribution in [-0.4, -0.2) is 18.9 Å². The van der Waals surface area contributed by atoms with E-state index >= 15 is 0 Å². The maximum absolute atomic E-state index is 11.9. The van der Waals surface area contributed by atoms with Crippen LogP contribution in [0.1, 0.15) is 6.92 Å². The molecule has 0 heterocycles. The third-order valence-electron chi connectivity index (χ3n) is 1.94. The summed E-state index contributed by atoms with van der Waals surface area (Å²) >= 11 is 0. The third kappa shape index (κ3) is 5.98. The summed E-state index contributed by atoms with van der Waals surface area (Å²) in [7, 11) is 0. The number of nitrogens with two attached hydrogens (primary N) is 1. The molecule has 1 rings (SSSR count). The standard InChI is InChI=1S/C12H13F3N2O3/c1-2-19-11(18)7-10(16)17-8-3-5-9(6-4-8)20-12(13,14)15/h3-7,17H,2,16H2,1H3/b10-7+. The number of esters is 1. The molecule has 0 saturated heterocycles. The van der Waals surface area contributed by atoms with E-state index in [1.54, 1.807) is 6.92 Å². The van der Waals surface area contributed by atoms with Gasteiger partial charge >= 0.3 is 12.3 Å². The fraction of sp³-hybridized carbons (Fsp3) is 0.250. The van der Waals surface area contributed by atoms with Gasteiger partial charge in [0.1, 0.15) is 11.6 Å². The number of anilines is 1. The van der Waals surface area contributed by atoms with Crippen molar-refractivity contribution in [2.24, 2.45) is 5.73 Å². The van der Waals surface area contributed by atoms with Gasteiger partial charge in [-0.3, -0.25) is 0 Å². The number of ether oxygens (including phenoxy) is 2. The van der Waals surface area contributed by atoms with Gasteiger partial charge in [0.05, 0.1) is 12.7 Å². The summed E-state index contributed by atoms with van der Waals surface area (Å²) in [5, 5.41) is 2.62. The van der Waals surface area contributed by atoms with Crippen LogP contribution in [0, 0.1) is 0 Å². The van der Waals surface area contributed by atoms with Crippen LogP contribution in [0.2, 0.25) is 0 Å². The van der Waals surface area contributed by atoms with E-state index < -0.39 is 12.3 Å². The quantitative estimate of drug-likeness (QED) is 0.643. The highest BCUT2D eigenvalue weighted by Crippen LogP contribution is 2.24. The molecule has 0 aliphatic rings. The Morgan fingerprint density at radius 3 is 2.45 bits per heavy atom. The Labute approximate surface area is 113 Å². The highest BCUT2D eigenvalue weighted by molar-refractivity contribution is 5.83. The molecule has 0 radical (unpaired) electrons. The second-order valence-corrected chi connectivity index (χ2v) is 3.55. The minimum Gasteiger partial charge on any atom is -0.463 e. The number of benzene rings is 1. The number of carbonyl (C=O) groups is 1. The first-order chi connectivity index (χ1) is 9.30. The highest BCUT2D eigenvalue weighted by Gasteiger charge is 2.30. The molecule has 0 atom stereocenters. The number of rotatable bonds is 5. The van der Waals surface area contributed by atoms with Gasteiger partial charge in [0.15, 0.2) is 0 Å². The summed E-state index contributed by atoms with van der Waals surface area (Å²) < 4.78 is 44.2. The van der Waals surface area contributed by atoms with Gasteiger partial charge in [-0.05, 0) is 31.2 Å². The molecule has 1 aromatic rings. The van der Waals surface area contributed by atoms with Crippen molar-refractivity contribution in [2.75, 3.05) is 11.9 Å². The molecular formula is C12H13F3N2O3. The molecule has 0 aliphatic carbocycles. The van der Waals surface area contributed by atoms with Crippen molar-refractivity contribution in [3.8, 4) is 5.75 Å². The molecule has 5 nitrogen and oxygen atoms in total. The van der Waals surface area contributed by atoms with Crippen molar-refractivity contribution in [2.45, 2.75) is 13.3 Å². The average molecular weight is 290 g/mol. The van der Waals surface area contributed by atoms with Crippen LogP contribution in [0.5, 0.6) is 5.75 Å². The molecule has 20 heavy (non-hydrogen) atoms. The summed E-state index contributed by atoms with van der Waals surface area (Å²) in [6.45, 7) is 1.86. The normalized spacial score (nSPS) is 11.9. The van der Waals surface area contributed by atoms with Crippen LogP contribution < -0.4 is 15.8 Å². The van der Waals surface area contributed by atoms with E-state index in [1.807, 2.05) is 0 Å². The van der Waals surface area contributed by atoms with Crippen LogP contribution in [0.4, 0.5) is 18.9 Å². The minimum atomic E-state index is -4.74. The van der Waals surface area contributed by atoms with Crippen LogP contribution in [0.15, 0.2) is 36.2 Å². The number of hydrogen-bond donors (Lipinski definition) is 2. The Kier molecular flexibility index (Phi) is 5.24. The van der Waals surface area contributed by atoms with Crippen LogP contribution in [0.25, 0.3) is 0 Å². The molecule has 0 unspecified atom stereocenters. The van der Waals surface area contributed by atoms with E-state index in [9.17, 15) is 18.0 Å². The fourth-order valence-electron chi connectivity index (χ4n) is 1.25. The molecule has 0 aliphatic heterocycles. The molecule has 0 aromatic heterocycles. The van der Waals surface area contributed by atoms with E-state index in [0.717, 1.165) is 18.2 Å². The topological polar surface area (TPSA) is 73.6 Å². The smallest absolute Gasteiger partial charge is 0.463 e. The first-order valence-electron chi connectivity index (χ1n) is 5.57. The Hall–Kier alpha value is -2.38. The van der Waals surface area contributed by atoms with E-state index in [1.165, 1.54) is 12.1 Å². The van der Waals surface area contributed by atoms with Crippen LogP contribution in [0.3, 0.4) is 0 Å². The van der Waals surface area contributed by atoms with E-state index in [2.05, 4.69) is 14.8 Å². The summed E-state index contributed by atoms with van der Waals surface area (Å²) in [6.07, 6.45) is -3.71. The minimum absolute atomic E-state index is 0.00735. The second-order valence-electron chi connectivity index (χ2n) is 3.55. The molecule has 0 amide bonds. The van der Waals surface area contributed by atoms with E-state index in [4.69, 9.17) is 5.73 Å². The summed E-state index contributed by atoms with van der Waals surface area (Å²) in [4.78, 5) is 11.1. The second kappa shape index (κ2) is 6.69. The Morgan fingerprint density at radius 2 is 1.95 bits per heavy atom. The summed E-state index contributed by atoms with van der Waals surface area (Å²) in [5.41, 5.74) is 5.92. The lowest BCUT2D eigenvalue weighted by Gasteiger charge is -2.10. The van der Waals surface area contributed by atoms with Gasteiger partial charge in [-0.25, -0.2) is 4.79 Å². The van der Waals surface area contributed by atoms with Crippen molar-refractivity contribution >= 4 is 11.7 Å². The maximum Gasteiger partial charge on any atom is 0.573 e. The molecule has 0 spiro atoms. The molecular weight excluding hydrogens is 277 g/mol. The number of nitrogens with one attached hydrogen (secondary N) is 1. The number of alkyl halides is 3. The lowest BCUT2D eigenvalue weighted by molar-refractivity contribution is -0.274. The van der Waals surface area contributed by atoms with Crippen LogP contribution >= 0.6 is 0 Å². The van der Waals surface area contributed by atoms with Crippen molar-refractivity contribution in [3.05, 3.63) is 36.2 Å². The number of halogens is 3. The lowest BCUT2D eigenvalue weighted by Crippen LogP contribution is -2.17. The van der Waals surface area contributed by atoms with Gasteiger partial charge in [-0.15, -0.1) is 13.2 Å². The largest absolute Gasteiger partial charge is 0.573 e. The van der Waals surface area contributed by atoms with Crippen molar-refractivity contribution < 1.29 is 27.4 Å². The lowest BCUT2D eigenvalue weighted by atomic mass is 10.3. The monoisotopic (exact) mass is 290 g/mol.